The number of hydrogen-bond acceptors (Lipinski definition) is 5. The van der Waals surface area contributed by atoms with E-state index in [1.54, 1.807) is 38.1 Å². The summed E-state index contributed by atoms with van der Waals surface area (Å²) in [6, 6.07) is 11.2. The van der Waals surface area contributed by atoms with E-state index in [0.717, 1.165) is 10.6 Å². The number of para-hydroxylation sites is 2. The molecule has 0 saturated carbocycles. The predicted octanol–water partition coefficient (Wildman–Crippen LogP) is 2.54. The number of ether oxygens (including phenoxy) is 1. The second-order valence-corrected chi connectivity index (χ2v) is 9.32. The normalized spacial score (nSPS) is 12.0. The Morgan fingerprint density at radius 2 is 1.73 bits per heavy atom. The molecule has 0 saturated heterocycles. The lowest BCUT2D eigenvalue weighted by atomic mass is 10.1. The van der Waals surface area contributed by atoms with E-state index in [9.17, 15) is 22.4 Å². The Labute approximate surface area is 194 Å². The van der Waals surface area contributed by atoms with Gasteiger partial charge >= 0.3 is 0 Å². The van der Waals surface area contributed by atoms with Crippen molar-refractivity contribution in [2.75, 3.05) is 30.8 Å². The second-order valence-electron chi connectivity index (χ2n) is 7.41. The average molecular weight is 480 g/mol. The van der Waals surface area contributed by atoms with Crippen molar-refractivity contribution in [3.8, 4) is 5.75 Å². The standard InChI is InChI=1S/C23H30FN3O5S/c1-5-19(23(29)25-6-2)26(15-17-11-13-18(24)14-12-17)22(28)16-27(33(4,30)31)20-9-7-8-10-21(20)32-3/h7-14,19H,5-6,15-16H2,1-4H3,(H,25,29)/t19-/m1/s1. The highest BCUT2D eigenvalue weighted by atomic mass is 32.2. The summed E-state index contributed by atoms with van der Waals surface area (Å²) >= 11 is 0. The lowest BCUT2D eigenvalue weighted by molar-refractivity contribution is -0.140. The maximum Gasteiger partial charge on any atom is 0.244 e. The van der Waals surface area contributed by atoms with E-state index in [2.05, 4.69) is 5.32 Å². The number of methoxy groups -OCH3 is 1. The monoisotopic (exact) mass is 479 g/mol. The third-order valence-corrected chi connectivity index (χ3v) is 6.16. The van der Waals surface area contributed by atoms with Crippen LogP contribution < -0.4 is 14.4 Å². The Kier molecular flexibility index (Phi) is 9.22. The summed E-state index contributed by atoms with van der Waals surface area (Å²) in [5, 5.41) is 2.72. The number of anilines is 1. The smallest absolute Gasteiger partial charge is 0.244 e. The van der Waals surface area contributed by atoms with Crippen molar-refractivity contribution < 1.29 is 27.1 Å². The molecular formula is C23H30FN3O5S. The molecular weight excluding hydrogens is 449 g/mol. The van der Waals surface area contributed by atoms with E-state index < -0.39 is 34.3 Å². The second kappa shape index (κ2) is 11.6. The van der Waals surface area contributed by atoms with Crippen LogP contribution in [0.4, 0.5) is 10.1 Å². The first kappa shape index (κ1) is 26.1. The Morgan fingerprint density at radius 3 is 2.27 bits per heavy atom. The summed E-state index contributed by atoms with van der Waals surface area (Å²) < 4.78 is 44.8. The van der Waals surface area contributed by atoms with Gasteiger partial charge in [0.25, 0.3) is 0 Å². The predicted molar refractivity (Wildman–Crippen MR) is 125 cm³/mol. The molecule has 0 radical (unpaired) electrons. The molecule has 0 unspecified atom stereocenters. The summed E-state index contributed by atoms with van der Waals surface area (Å²) in [5.74, 6) is -1.06. The Hall–Kier alpha value is -3.14. The molecule has 0 spiro atoms. The zero-order chi connectivity index (χ0) is 24.6. The van der Waals surface area contributed by atoms with Gasteiger partial charge in [-0.05, 0) is 43.2 Å². The molecule has 0 aromatic heterocycles. The lowest BCUT2D eigenvalue weighted by Gasteiger charge is -2.33. The number of carbonyl (C=O) groups is 2. The number of benzene rings is 2. The highest BCUT2D eigenvalue weighted by Gasteiger charge is 2.32. The van der Waals surface area contributed by atoms with Gasteiger partial charge in [0.1, 0.15) is 24.2 Å². The van der Waals surface area contributed by atoms with Crippen molar-refractivity contribution in [3.63, 3.8) is 0 Å². The zero-order valence-electron chi connectivity index (χ0n) is 19.2. The third kappa shape index (κ3) is 6.92. The van der Waals surface area contributed by atoms with Crippen LogP contribution in [0.5, 0.6) is 5.75 Å². The van der Waals surface area contributed by atoms with E-state index in [-0.39, 0.29) is 23.9 Å². The van der Waals surface area contributed by atoms with Gasteiger partial charge in [0.05, 0.1) is 19.1 Å². The van der Waals surface area contributed by atoms with Crippen molar-refractivity contribution in [2.45, 2.75) is 32.9 Å². The number of nitrogens with zero attached hydrogens (tertiary/aromatic N) is 2. The summed E-state index contributed by atoms with van der Waals surface area (Å²) in [7, 11) is -2.46. The van der Waals surface area contributed by atoms with Crippen LogP contribution in [-0.4, -0.2) is 57.6 Å². The van der Waals surface area contributed by atoms with Gasteiger partial charge in [-0.3, -0.25) is 13.9 Å². The average Bonchev–Trinajstić information content (AvgIpc) is 2.78. The van der Waals surface area contributed by atoms with E-state index in [1.807, 2.05) is 0 Å². The van der Waals surface area contributed by atoms with Gasteiger partial charge in [-0.25, -0.2) is 12.8 Å². The number of halogens is 1. The van der Waals surface area contributed by atoms with Gasteiger partial charge in [-0.2, -0.15) is 0 Å². The van der Waals surface area contributed by atoms with Gasteiger partial charge < -0.3 is 15.0 Å². The van der Waals surface area contributed by atoms with Crippen LogP contribution in [0.3, 0.4) is 0 Å². The third-order valence-electron chi connectivity index (χ3n) is 5.04. The molecule has 1 atom stereocenters. The topological polar surface area (TPSA) is 96.0 Å². The van der Waals surface area contributed by atoms with Gasteiger partial charge in [0.15, 0.2) is 0 Å². The SMILES string of the molecule is CCNC(=O)[C@@H](CC)N(Cc1ccc(F)cc1)C(=O)CN(c1ccccc1OC)S(C)(=O)=O. The van der Waals surface area contributed by atoms with Gasteiger partial charge in [-0.15, -0.1) is 0 Å². The van der Waals surface area contributed by atoms with E-state index in [0.29, 0.717) is 18.5 Å². The van der Waals surface area contributed by atoms with Crippen molar-refractivity contribution in [1.29, 1.82) is 0 Å². The molecule has 0 aliphatic carbocycles. The molecule has 2 rings (SSSR count). The number of likely N-dealkylation sites (N-methyl/N-ethyl adjacent to an activating group) is 1. The fourth-order valence-corrected chi connectivity index (χ4v) is 4.28. The number of rotatable bonds is 11. The Bertz CT molecular complexity index is 1060. The molecule has 8 nitrogen and oxygen atoms in total. The van der Waals surface area contributed by atoms with E-state index in [1.165, 1.54) is 36.3 Å². The van der Waals surface area contributed by atoms with Crippen molar-refractivity contribution in [2.24, 2.45) is 0 Å². The van der Waals surface area contributed by atoms with Crippen LogP contribution in [0.25, 0.3) is 0 Å². The largest absolute Gasteiger partial charge is 0.495 e. The molecule has 0 aliphatic heterocycles. The molecule has 2 aromatic carbocycles. The zero-order valence-corrected chi connectivity index (χ0v) is 20.1. The molecule has 2 aromatic rings. The molecule has 1 N–H and O–H groups in total. The molecule has 0 bridgehead atoms. The highest BCUT2D eigenvalue weighted by Crippen LogP contribution is 2.29. The lowest BCUT2D eigenvalue weighted by Crippen LogP contribution is -2.52. The molecule has 10 heteroatoms. The van der Waals surface area contributed by atoms with Crippen LogP contribution in [0, 0.1) is 5.82 Å². The van der Waals surface area contributed by atoms with E-state index in [4.69, 9.17) is 4.74 Å². The molecule has 0 fully saturated rings. The number of carbonyl (C=O) groups excluding carboxylic acids is 2. The van der Waals surface area contributed by atoms with Crippen molar-refractivity contribution >= 4 is 27.5 Å². The quantitative estimate of drug-likeness (QED) is 0.534. The van der Waals surface area contributed by atoms with Gasteiger partial charge in [0.2, 0.25) is 21.8 Å². The maximum absolute atomic E-state index is 13.5. The fraction of sp³-hybridized carbons (Fsp3) is 0.391. The Balaban J connectivity index is 2.46. The molecule has 0 aliphatic rings. The van der Waals surface area contributed by atoms with Crippen LogP contribution in [0.2, 0.25) is 0 Å². The minimum absolute atomic E-state index is 0.0122. The first-order chi connectivity index (χ1) is 15.6. The maximum atomic E-state index is 13.5. The summed E-state index contributed by atoms with van der Waals surface area (Å²) in [5.41, 5.74) is 0.819. The van der Waals surface area contributed by atoms with E-state index >= 15 is 0 Å². The van der Waals surface area contributed by atoms with Crippen LogP contribution >= 0.6 is 0 Å². The fourth-order valence-electron chi connectivity index (χ4n) is 3.43. The Morgan fingerprint density at radius 1 is 1.09 bits per heavy atom. The first-order valence-corrected chi connectivity index (χ1v) is 12.4. The summed E-state index contributed by atoms with van der Waals surface area (Å²) in [4.78, 5) is 27.5. The van der Waals surface area contributed by atoms with Crippen LogP contribution in [-0.2, 0) is 26.2 Å². The highest BCUT2D eigenvalue weighted by molar-refractivity contribution is 7.92. The number of sulfonamides is 1. The van der Waals surface area contributed by atoms with Gasteiger partial charge in [-0.1, -0.05) is 31.2 Å². The van der Waals surface area contributed by atoms with Crippen molar-refractivity contribution in [3.05, 3.63) is 59.9 Å². The van der Waals surface area contributed by atoms with Crippen LogP contribution in [0.1, 0.15) is 25.8 Å². The van der Waals surface area contributed by atoms with Crippen LogP contribution in [0.15, 0.2) is 48.5 Å². The number of nitrogens with one attached hydrogen (secondary N) is 1. The minimum Gasteiger partial charge on any atom is -0.495 e. The molecule has 2 amide bonds. The number of amides is 2. The molecule has 180 valence electrons. The minimum atomic E-state index is -3.86. The summed E-state index contributed by atoms with van der Waals surface area (Å²) in [6.45, 7) is 3.39. The number of hydrogen-bond donors (Lipinski definition) is 1. The first-order valence-electron chi connectivity index (χ1n) is 10.5. The van der Waals surface area contributed by atoms with Crippen molar-refractivity contribution in [1.82, 2.24) is 10.2 Å². The molecule has 0 heterocycles. The molecule has 33 heavy (non-hydrogen) atoms. The van der Waals surface area contributed by atoms with Gasteiger partial charge in [0, 0.05) is 13.1 Å². The summed E-state index contributed by atoms with van der Waals surface area (Å²) in [6.07, 6.45) is 1.31.